The van der Waals surface area contributed by atoms with Crippen LogP contribution in [0.1, 0.15) is 31.7 Å². The molecule has 2 aliphatic rings. The zero-order chi connectivity index (χ0) is 19.8. The van der Waals surface area contributed by atoms with Gasteiger partial charge in [0, 0.05) is 24.2 Å². The molecule has 8 nitrogen and oxygen atoms in total. The van der Waals surface area contributed by atoms with E-state index in [4.69, 9.17) is 5.11 Å². The quantitative estimate of drug-likeness (QED) is 0.628. The lowest BCUT2D eigenvalue weighted by atomic mass is 9.86. The molecule has 0 atom stereocenters. The molecule has 3 N–H and O–H groups in total. The number of carbonyl (C=O) groups is 2. The second-order valence-corrected chi connectivity index (χ2v) is 8.57. The highest BCUT2D eigenvalue weighted by Gasteiger charge is 2.37. The Hall–Kier alpha value is -2.04. The lowest BCUT2D eigenvalue weighted by Crippen LogP contribution is -2.54. The van der Waals surface area contributed by atoms with Crippen LogP contribution < -0.4 is 10.0 Å². The molecule has 3 rings (SSSR count). The Morgan fingerprint density at radius 1 is 1.37 bits per heavy atom. The Kier molecular flexibility index (Phi) is 5.50. The first kappa shape index (κ1) is 19.7. The predicted octanol–water partition coefficient (Wildman–Crippen LogP) is 0.926. The van der Waals surface area contributed by atoms with Crippen molar-refractivity contribution in [1.82, 2.24) is 9.62 Å². The lowest BCUT2D eigenvalue weighted by molar-refractivity contribution is -0.139. The number of anilines is 1. The SMILES string of the molecule is CCN(CC(=O)O)C1CC(NS(=O)(=O)c2cc3c(cc2F)NC(=O)CC3)C1. The van der Waals surface area contributed by atoms with Crippen LogP contribution in [0.5, 0.6) is 0 Å². The number of nitrogens with one attached hydrogen (secondary N) is 2. The van der Waals surface area contributed by atoms with Gasteiger partial charge >= 0.3 is 5.97 Å². The van der Waals surface area contributed by atoms with Gasteiger partial charge in [-0.2, -0.15) is 0 Å². The number of carbonyl (C=O) groups excluding carboxylic acids is 1. The van der Waals surface area contributed by atoms with Crippen LogP contribution in [0.4, 0.5) is 10.1 Å². The van der Waals surface area contributed by atoms with Crippen LogP contribution in [0.15, 0.2) is 17.0 Å². The van der Waals surface area contributed by atoms with Gasteiger partial charge in [-0.25, -0.2) is 17.5 Å². The van der Waals surface area contributed by atoms with Crippen molar-refractivity contribution in [3.8, 4) is 0 Å². The molecule has 27 heavy (non-hydrogen) atoms. The fraction of sp³-hybridized carbons (Fsp3) is 0.529. The monoisotopic (exact) mass is 399 g/mol. The van der Waals surface area contributed by atoms with Gasteiger partial charge < -0.3 is 10.4 Å². The Bertz CT molecular complexity index is 868. The molecule has 0 bridgehead atoms. The molecule has 10 heteroatoms. The fourth-order valence-electron chi connectivity index (χ4n) is 3.52. The van der Waals surface area contributed by atoms with E-state index in [0.29, 0.717) is 37.1 Å². The number of hydrogen-bond acceptors (Lipinski definition) is 5. The minimum absolute atomic E-state index is 0.0117. The van der Waals surface area contributed by atoms with E-state index in [1.807, 2.05) is 6.92 Å². The van der Waals surface area contributed by atoms with Crippen molar-refractivity contribution in [2.75, 3.05) is 18.4 Å². The Balaban J connectivity index is 1.68. The van der Waals surface area contributed by atoms with Gasteiger partial charge in [0.15, 0.2) is 0 Å². The van der Waals surface area contributed by atoms with Gasteiger partial charge in [0.1, 0.15) is 10.7 Å². The zero-order valence-electron chi connectivity index (χ0n) is 14.9. The van der Waals surface area contributed by atoms with E-state index in [0.717, 1.165) is 6.07 Å². The summed E-state index contributed by atoms with van der Waals surface area (Å²) in [7, 11) is -4.05. The Morgan fingerprint density at radius 2 is 2.07 bits per heavy atom. The number of halogens is 1. The first-order valence-corrected chi connectivity index (χ1v) is 10.3. The topological polar surface area (TPSA) is 116 Å². The highest BCUT2D eigenvalue weighted by Crippen LogP contribution is 2.30. The van der Waals surface area contributed by atoms with Gasteiger partial charge in [-0.1, -0.05) is 6.92 Å². The van der Waals surface area contributed by atoms with E-state index in [2.05, 4.69) is 10.0 Å². The third-order valence-corrected chi connectivity index (χ3v) is 6.57. The second kappa shape index (κ2) is 7.53. The summed E-state index contributed by atoms with van der Waals surface area (Å²) in [6, 6.07) is 1.93. The van der Waals surface area contributed by atoms with Crippen molar-refractivity contribution in [1.29, 1.82) is 0 Å². The van der Waals surface area contributed by atoms with E-state index >= 15 is 0 Å². The summed E-state index contributed by atoms with van der Waals surface area (Å²) >= 11 is 0. The van der Waals surface area contributed by atoms with Gasteiger partial charge in [-0.3, -0.25) is 14.5 Å². The van der Waals surface area contributed by atoms with Crippen molar-refractivity contribution >= 4 is 27.6 Å². The molecule has 0 spiro atoms. The maximum Gasteiger partial charge on any atom is 0.317 e. The standard InChI is InChI=1S/C17H22FN3O5S/c1-2-21(9-17(23)24)12-6-11(7-12)20-27(25,26)15-5-10-3-4-16(22)19-14(10)8-13(15)18/h5,8,11-12,20H,2-4,6-7,9H2,1H3,(H,19,22)(H,23,24). The van der Waals surface area contributed by atoms with Crippen molar-refractivity contribution in [3.63, 3.8) is 0 Å². The molecule has 148 valence electrons. The molecule has 1 heterocycles. The van der Waals surface area contributed by atoms with Crippen LogP contribution >= 0.6 is 0 Å². The number of aryl methyl sites for hydroxylation is 1. The van der Waals surface area contributed by atoms with E-state index in [-0.39, 0.29) is 31.0 Å². The molecule has 0 radical (unpaired) electrons. The molecule has 1 aromatic rings. The minimum atomic E-state index is -4.05. The minimum Gasteiger partial charge on any atom is -0.480 e. The van der Waals surface area contributed by atoms with Gasteiger partial charge in [0.2, 0.25) is 15.9 Å². The average molecular weight is 399 g/mol. The number of carboxylic acid groups (broad SMARTS) is 1. The summed E-state index contributed by atoms with van der Waals surface area (Å²) in [6.07, 6.45) is 1.54. The molecule has 1 aromatic carbocycles. The number of aliphatic carboxylic acids is 1. The molecule has 1 aliphatic heterocycles. The van der Waals surface area contributed by atoms with Gasteiger partial charge in [-0.05, 0) is 43.5 Å². The molecular weight excluding hydrogens is 377 g/mol. The summed E-state index contributed by atoms with van der Waals surface area (Å²) in [5.74, 6) is -2.07. The first-order chi connectivity index (χ1) is 12.7. The number of fused-ring (bicyclic) bond motifs is 1. The van der Waals surface area contributed by atoms with Crippen molar-refractivity contribution in [3.05, 3.63) is 23.5 Å². The van der Waals surface area contributed by atoms with Crippen molar-refractivity contribution in [2.45, 2.75) is 49.6 Å². The molecule has 1 aliphatic carbocycles. The number of amides is 1. The number of benzene rings is 1. The third kappa shape index (κ3) is 4.28. The average Bonchev–Trinajstić information content (AvgIpc) is 2.54. The summed E-state index contributed by atoms with van der Waals surface area (Å²) in [6.45, 7) is 2.31. The number of hydrogen-bond donors (Lipinski definition) is 3. The number of likely N-dealkylation sites (N-methyl/N-ethyl adjacent to an activating group) is 1. The van der Waals surface area contributed by atoms with Crippen molar-refractivity contribution in [2.24, 2.45) is 0 Å². The molecule has 0 aromatic heterocycles. The Labute approximate surface area is 156 Å². The van der Waals surface area contributed by atoms with Crippen LogP contribution in [0.3, 0.4) is 0 Å². The molecule has 1 saturated carbocycles. The third-order valence-electron chi connectivity index (χ3n) is 5.04. The van der Waals surface area contributed by atoms with Gasteiger partial charge in [-0.15, -0.1) is 0 Å². The summed E-state index contributed by atoms with van der Waals surface area (Å²) < 4.78 is 42.0. The summed E-state index contributed by atoms with van der Waals surface area (Å²) in [5, 5.41) is 11.4. The second-order valence-electron chi connectivity index (χ2n) is 6.89. The highest BCUT2D eigenvalue weighted by molar-refractivity contribution is 7.89. The fourth-order valence-corrected chi connectivity index (χ4v) is 4.89. The highest BCUT2D eigenvalue weighted by atomic mass is 32.2. The van der Waals surface area contributed by atoms with Crippen LogP contribution in [0.25, 0.3) is 0 Å². The zero-order valence-corrected chi connectivity index (χ0v) is 15.7. The predicted molar refractivity (Wildman–Crippen MR) is 95.4 cm³/mol. The lowest BCUT2D eigenvalue weighted by Gasteiger charge is -2.42. The Morgan fingerprint density at radius 3 is 2.70 bits per heavy atom. The molecule has 1 fully saturated rings. The van der Waals surface area contributed by atoms with E-state index in [1.165, 1.54) is 6.07 Å². The normalized spacial score (nSPS) is 22.1. The summed E-state index contributed by atoms with van der Waals surface area (Å²) in [5.41, 5.74) is 0.889. The smallest absolute Gasteiger partial charge is 0.317 e. The largest absolute Gasteiger partial charge is 0.480 e. The number of sulfonamides is 1. The van der Waals surface area contributed by atoms with E-state index in [9.17, 15) is 22.4 Å². The number of nitrogens with zero attached hydrogens (tertiary/aromatic N) is 1. The van der Waals surface area contributed by atoms with Crippen LogP contribution in [-0.2, 0) is 26.0 Å². The van der Waals surface area contributed by atoms with Crippen molar-refractivity contribution < 1.29 is 27.5 Å². The number of carboxylic acids is 1. The van der Waals surface area contributed by atoms with E-state index in [1.54, 1.807) is 4.90 Å². The van der Waals surface area contributed by atoms with Crippen LogP contribution in [0, 0.1) is 5.82 Å². The molecule has 1 amide bonds. The van der Waals surface area contributed by atoms with Crippen LogP contribution in [0.2, 0.25) is 0 Å². The van der Waals surface area contributed by atoms with Gasteiger partial charge in [0.25, 0.3) is 0 Å². The van der Waals surface area contributed by atoms with E-state index < -0.39 is 26.7 Å². The maximum absolute atomic E-state index is 14.3. The molecular formula is C17H22FN3O5S. The summed E-state index contributed by atoms with van der Waals surface area (Å²) in [4.78, 5) is 23.6. The number of rotatable bonds is 7. The molecule has 0 saturated heterocycles. The maximum atomic E-state index is 14.3. The first-order valence-electron chi connectivity index (χ1n) is 8.80. The molecule has 0 unspecified atom stereocenters. The van der Waals surface area contributed by atoms with Gasteiger partial charge in [0.05, 0.1) is 6.54 Å². The van der Waals surface area contributed by atoms with Crippen LogP contribution in [-0.4, -0.2) is 55.5 Å².